The molecule has 0 radical (unpaired) electrons. The van der Waals surface area contributed by atoms with Crippen molar-refractivity contribution >= 4 is 26.4 Å². The fourth-order valence-corrected chi connectivity index (χ4v) is 1.73. The molecule has 0 saturated heterocycles. The Morgan fingerprint density at radius 2 is 1.43 bits per heavy atom. The maximum absolute atomic E-state index is 11.1. The summed E-state index contributed by atoms with van der Waals surface area (Å²) in [4.78, 5) is 12.1. The van der Waals surface area contributed by atoms with Gasteiger partial charge in [-0.1, -0.05) is 6.92 Å². The van der Waals surface area contributed by atoms with Crippen LogP contribution in [0.5, 0.6) is 5.75 Å². The number of carbonyl (C=O) groups is 1. The fourth-order valence-electron chi connectivity index (χ4n) is 1.30. The van der Waals surface area contributed by atoms with E-state index in [-0.39, 0.29) is 5.97 Å². The number of hydrogen-bond acceptors (Lipinski definition) is 2. The maximum atomic E-state index is 11.1. The van der Waals surface area contributed by atoms with E-state index >= 15 is 0 Å². The van der Waals surface area contributed by atoms with Crippen LogP contribution in [-0.2, 0) is 17.4 Å². The first-order valence-electron chi connectivity index (χ1n) is 5.59. The summed E-state index contributed by atoms with van der Waals surface area (Å²) in [7, 11) is -10.7. The van der Waals surface area contributed by atoms with Crippen molar-refractivity contribution in [2.24, 2.45) is 0 Å². The van der Waals surface area contributed by atoms with E-state index in [2.05, 4.69) is 12.6 Å². The number of ether oxygens (including phenoxy) is 1. The first-order chi connectivity index (χ1) is 8.99. The number of esters is 1. The summed E-state index contributed by atoms with van der Waals surface area (Å²) in [6.45, 7) is 5.63. The van der Waals surface area contributed by atoms with Gasteiger partial charge in [0.1, 0.15) is 5.75 Å². The first-order valence-corrected chi connectivity index (χ1v) is 8.12. The molecule has 1 rings (SSSR count). The average molecular weight is 356 g/mol. The molecule has 0 aliphatic heterocycles. The fraction of sp³-hybridized carbons (Fsp3) is 0.364. The van der Waals surface area contributed by atoms with Gasteiger partial charge in [0.25, 0.3) is 0 Å². The van der Waals surface area contributed by atoms with E-state index in [1.54, 1.807) is 6.92 Å². The third-order valence-electron chi connectivity index (χ3n) is 1.96. The SMILES string of the molecule is CCC(=O)Oc1c(C)cc([SH2+])cc1C.F[P-](F)(F)(F)(F)F. The van der Waals surface area contributed by atoms with Gasteiger partial charge in [0.05, 0.1) is 0 Å². The van der Waals surface area contributed by atoms with Gasteiger partial charge in [0.15, 0.2) is 4.90 Å². The molecule has 0 aliphatic carbocycles. The van der Waals surface area contributed by atoms with Crippen LogP contribution < -0.4 is 4.74 Å². The van der Waals surface area contributed by atoms with Crippen molar-refractivity contribution in [3.63, 3.8) is 0 Å². The Labute approximate surface area is 123 Å². The average Bonchev–Trinajstić information content (AvgIpc) is 2.18. The van der Waals surface area contributed by atoms with E-state index in [1.165, 1.54) is 0 Å². The Morgan fingerprint density at radius 1 is 1.10 bits per heavy atom. The van der Waals surface area contributed by atoms with E-state index in [0.29, 0.717) is 12.2 Å². The van der Waals surface area contributed by atoms with Crippen LogP contribution in [0, 0.1) is 13.8 Å². The van der Waals surface area contributed by atoms with Crippen LogP contribution in [0.3, 0.4) is 0 Å². The molecular weight excluding hydrogens is 341 g/mol. The van der Waals surface area contributed by atoms with E-state index in [9.17, 15) is 30.0 Å². The minimum absolute atomic E-state index is 0.196. The topological polar surface area (TPSA) is 26.3 Å². The van der Waals surface area contributed by atoms with Gasteiger partial charge in [-0.15, -0.1) is 0 Å². The number of halogens is 6. The van der Waals surface area contributed by atoms with Crippen LogP contribution in [-0.4, -0.2) is 5.97 Å². The second-order valence-electron chi connectivity index (χ2n) is 4.23. The van der Waals surface area contributed by atoms with Crippen LogP contribution in [0.15, 0.2) is 17.0 Å². The molecule has 0 amide bonds. The molecule has 0 aliphatic rings. The van der Waals surface area contributed by atoms with Crippen LogP contribution in [0.25, 0.3) is 0 Å². The van der Waals surface area contributed by atoms with Crippen molar-refractivity contribution in [1.29, 1.82) is 0 Å². The van der Waals surface area contributed by atoms with Gasteiger partial charge in [-0.05, 0) is 49.7 Å². The van der Waals surface area contributed by atoms with Crippen molar-refractivity contribution < 1.29 is 34.7 Å². The number of aryl methyl sites for hydroxylation is 2. The molecule has 1 aromatic rings. The summed E-state index contributed by atoms with van der Waals surface area (Å²) in [5, 5.41) is 0. The zero-order chi connectivity index (χ0) is 17.1. The first kappa shape index (κ1) is 20.1. The van der Waals surface area contributed by atoms with Gasteiger partial charge >= 0.3 is 39.0 Å². The molecular formula is C11H15F6O2PS. The third kappa shape index (κ3) is 12.5. The van der Waals surface area contributed by atoms with Gasteiger partial charge in [0, 0.05) is 6.42 Å². The van der Waals surface area contributed by atoms with Crippen LogP contribution in [0.2, 0.25) is 0 Å². The molecule has 21 heavy (non-hydrogen) atoms. The normalized spacial score (nSPS) is 14.4. The Kier molecular flexibility index (Phi) is 5.43. The molecule has 0 heterocycles. The summed E-state index contributed by atoms with van der Waals surface area (Å²) in [5.74, 6) is 0.483. The van der Waals surface area contributed by atoms with E-state index in [0.717, 1.165) is 16.0 Å². The zero-order valence-electron chi connectivity index (χ0n) is 11.4. The Hall–Kier alpha value is -0.950. The molecule has 0 unspecified atom stereocenters. The molecule has 0 aromatic heterocycles. The molecule has 0 atom stereocenters. The molecule has 1 aromatic carbocycles. The van der Waals surface area contributed by atoms with Crippen LogP contribution in [0.4, 0.5) is 25.2 Å². The zero-order valence-corrected chi connectivity index (χ0v) is 13.3. The van der Waals surface area contributed by atoms with Crippen molar-refractivity contribution in [1.82, 2.24) is 0 Å². The quantitative estimate of drug-likeness (QED) is 0.234. The van der Waals surface area contributed by atoms with Crippen molar-refractivity contribution in [2.75, 3.05) is 0 Å². The number of benzene rings is 1. The molecule has 0 bridgehead atoms. The third-order valence-corrected chi connectivity index (χ3v) is 2.25. The van der Waals surface area contributed by atoms with Gasteiger partial charge in [-0.2, -0.15) is 0 Å². The second-order valence-corrected chi connectivity index (χ2v) is 6.72. The van der Waals surface area contributed by atoms with Crippen molar-refractivity contribution in [3.05, 3.63) is 23.3 Å². The number of rotatable bonds is 2. The summed E-state index contributed by atoms with van der Waals surface area (Å²) < 4.78 is 64.4. The molecule has 0 spiro atoms. The van der Waals surface area contributed by atoms with E-state index < -0.39 is 7.81 Å². The second kappa shape index (κ2) is 5.68. The number of carbonyl (C=O) groups excluding carboxylic acids is 1. The summed E-state index contributed by atoms with van der Waals surface area (Å²) in [6.07, 6.45) is 0.397. The standard InChI is InChI=1S/C11H14O2S.F6P/c1-4-10(12)13-11-7(2)5-9(14)6-8(11)3;1-7(2,3,4,5)6/h5-6,14H,4H2,1-3H3;/q;-1/p+1. The van der Waals surface area contributed by atoms with Crippen molar-refractivity contribution in [2.45, 2.75) is 32.1 Å². The molecule has 0 saturated carbocycles. The Bertz CT molecular complexity index is 506. The van der Waals surface area contributed by atoms with Gasteiger partial charge < -0.3 is 4.74 Å². The molecule has 124 valence electrons. The molecule has 10 heteroatoms. The van der Waals surface area contributed by atoms with E-state index in [4.69, 9.17) is 4.74 Å². The predicted molar refractivity (Wildman–Crippen MR) is 73.8 cm³/mol. The Balaban J connectivity index is 0.000000486. The molecule has 0 fully saturated rings. The molecule has 2 nitrogen and oxygen atoms in total. The monoisotopic (exact) mass is 356 g/mol. The van der Waals surface area contributed by atoms with Gasteiger partial charge in [-0.3, -0.25) is 4.79 Å². The summed E-state index contributed by atoms with van der Waals surface area (Å²) >= 11 is 3.44. The van der Waals surface area contributed by atoms with Gasteiger partial charge in [-0.25, -0.2) is 0 Å². The van der Waals surface area contributed by atoms with Gasteiger partial charge in [0.2, 0.25) is 0 Å². The van der Waals surface area contributed by atoms with Crippen LogP contribution >= 0.6 is 7.81 Å². The number of hydrogen-bond donors (Lipinski definition) is 0. The Morgan fingerprint density at radius 3 is 1.71 bits per heavy atom. The minimum atomic E-state index is -10.7. The predicted octanol–water partition coefficient (Wildman–Crippen LogP) is 5.37. The van der Waals surface area contributed by atoms with Crippen LogP contribution in [0.1, 0.15) is 24.5 Å². The van der Waals surface area contributed by atoms with E-state index in [1.807, 2.05) is 26.0 Å². The summed E-state index contributed by atoms with van der Waals surface area (Å²) in [5.41, 5.74) is 1.94. The van der Waals surface area contributed by atoms with Crippen molar-refractivity contribution in [3.8, 4) is 5.75 Å². The molecule has 0 N–H and O–H groups in total. The summed E-state index contributed by atoms with van der Waals surface area (Å²) in [6, 6.07) is 3.87.